The molecule has 3 rings (SSSR count). The number of benzene rings is 2. The lowest BCUT2D eigenvalue weighted by Gasteiger charge is -2.45. The van der Waals surface area contributed by atoms with Crippen LogP contribution in [0.4, 0.5) is 0 Å². The van der Waals surface area contributed by atoms with Crippen molar-refractivity contribution >= 4 is 15.9 Å². The van der Waals surface area contributed by atoms with Crippen LogP contribution in [0.5, 0.6) is 0 Å². The van der Waals surface area contributed by atoms with Crippen molar-refractivity contribution in [3.05, 3.63) is 70.2 Å². The lowest BCUT2D eigenvalue weighted by molar-refractivity contribution is -0.948. The van der Waals surface area contributed by atoms with Crippen LogP contribution in [-0.2, 0) is 6.54 Å². The van der Waals surface area contributed by atoms with Gasteiger partial charge < -0.3 is 9.59 Å². The van der Waals surface area contributed by atoms with Crippen molar-refractivity contribution in [2.45, 2.75) is 57.6 Å². The second-order valence-electron chi connectivity index (χ2n) is 8.24. The molecule has 1 saturated heterocycles. The molecule has 0 saturated carbocycles. The zero-order valence-corrected chi connectivity index (χ0v) is 18.1. The van der Waals surface area contributed by atoms with Gasteiger partial charge in [-0.1, -0.05) is 78.2 Å². The predicted octanol–water partition coefficient (Wildman–Crippen LogP) is 5.89. The fourth-order valence-corrected chi connectivity index (χ4v) is 4.80. The summed E-state index contributed by atoms with van der Waals surface area (Å²) in [6.07, 6.45) is 5.43. The number of unbranched alkanes of at least 4 members (excludes halogenated alkanes) is 1. The highest BCUT2D eigenvalue weighted by molar-refractivity contribution is 9.10. The second kappa shape index (κ2) is 9.86. The zero-order chi connectivity index (χ0) is 19.1. The van der Waals surface area contributed by atoms with Crippen LogP contribution in [0.1, 0.15) is 56.1 Å². The molecule has 1 N–H and O–H groups in total. The van der Waals surface area contributed by atoms with Crippen molar-refractivity contribution in [1.29, 1.82) is 0 Å². The van der Waals surface area contributed by atoms with E-state index in [0.717, 1.165) is 54.4 Å². The van der Waals surface area contributed by atoms with Crippen LogP contribution in [-0.4, -0.2) is 35.3 Å². The molecule has 146 valence electrons. The first-order valence-electron chi connectivity index (χ1n) is 10.4. The van der Waals surface area contributed by atoms with E-state index in [1.165, 1.54) is 24.0 Å². The monoisotopic (exact) mass is 430 g/mol. The van der Waals surface area contributed by atoms with E-state index in [-0.39, 0.29) is 6.10 Å². The molecule has 3 heteroatoms. The Balaban J connectivity index is 1.71. The number of hydrogen-bond donors (Lipinski definition) is 1. The first-order valence-corrected chi connectivity index (χ1v) is 11.2. The first-order chi connectivity index (χ1) is 13.1. The molecule has 2 nitrogen and oxygen atoms in total. The SMILES string of the molecule is CCCC[C@@H](O)C[N+]1(Cc2ccc(Br)cc2)CCC(c2ccccc2)CC1. The molecule has 1 aliphatic rings. The normalized spacial score (nSPS) is 23.9. The molecular weight excluding hydrogens is 398 g/mol. The molecule has 0 spiro atoms. The minimum Gasteiger partial charge on any atom is -0.387 e. The van der Waals surface area contributed by atoms with Crippen LogP contribution in [0.15, 0.2) is 59.1 Å². The largest absolute Gasteiger partial charge is 0.387 e. The van der Waals surface area contributed by atoms with Gasteiger partial charge in [-0.15, -0.1) is 0 Å². The van der Waals surface area contributed by atoms with E-state index < -0.39 is 0 Å². The van der Waals surface area contributed by atoms with Crippen LogP contribution in [0.25, 0.3) is 0 Å². The maximum absolute atomic E-state index is 10.7. The van der Waals surface area contributed by atoms with Crippen molar-refractivity contribution < 1.29 is 9.59 Å². The summed E-state index contributed by atoms with van der Waals surface area (Å²) >= 11 is 3.54. The summed E-state index contributed by atoms with van der Waals surface area (Å²) in [5.41, 5.74) is 2.85. The summed E-state index contributed by atoms with van der Waals surface area (Å²) in [4.78, 5) is 0. The van der Waals surface area contributed by atoms with Gasteiger partial charge in [-0.05, 0) is 30.0 Å². The fraction of sp³-hybridized carbons (Fsp3) is 0.500. The van der Waals surface area contributed by atoms with E-state index in [0.29, 0.717) is 5.92 Å². The van der Waals surface area contributed by atoms with Crippen LogP contribution >= 0.6 is 15.9 Å². The van der Waals surface area contributed by atoms with Crippen molar-refractivity contribution in [3.8, 4) is 0 Å². The van der Waals surface area contributed by atoms with Gasteiger partial charge in [-0.25, -0.2) is 0 Å². The summed E-state index contributed by atoms with van der Waals surface area (Å²) in [6, 6.07) is 19.7. The van der Waals surface area contributed by atoms with Crippen molar-refractivity contribution in [2.24, 2.45) is 0 Å². The Labute approximate surface area is 172 Å². The third-order valence-corrected chi connectivity index (χ3v) is 6.62. The summed E-state index contributed by atoms with van der Waals surface area (Å²) in [5, 5.41) is 10.7. The molecule has 1 fully saturated rings. The Morgan fingerprint density at radius 1 is 1.04 bits per heavy atom. The van der Waals surface area contributed by atoms with E-state index >= 15 is 0 Å². The van der Waals surface area contributed by atoms with Crippen molar-refractivity contribution in [2.75, 3.05) is 19.6 Å². The standard InChI is InChI=1S/C24H33BrNO/c1-2-3-9-24(27)19-26(18-20-10-12-23(25)13-11-20)16-14-22(15-17-26)21-7-5-4-6-8-21/h4-8,10-13,22,24,27H,2-3,9,14-19H2,1H3/q+1/t22?,24-,26?/m1/s1. The van der Waals surface area contributed by atoms with Gasteiger partial charge in [-0.2, -0.15) is 0 Å². The van der Waals surface area contributed by atoms with Gasteiger partial charge in [0, 0.05) is 22.9 Å². The van der Waals surface area contributed by atoms with Gasteiger partial charge in [0.25, 0.3) is 0 Å². The highest BCUT2D eigenvalue weighted by Gasteiger charge is 2.36. The van der Waals surface area contributed by atoms with E-state index in [1.54, 1.807) is 0 Å². The first kappa shape index (κ1) is 20.6. The number of likely N-dealkylation sites (tertiary alicyclic amines) is 1. The molecule has 1 aliphatic heterocycles. The van der Waals surface area contributed by atoms with E-state index in [1.807, 2.05) is 0 Å². The van der Waals surface area contributed by atoms with Gasteiger partial charge in [0.2, 0.25) is 0 Å². The Morgan fingerprint density at radius 2 is 1.70 bits per heavy atom. The summed E-state index contributed by atoms with van der Waals surface area (Å²) in [7, 11) is 0. The Kier molecular flexibility index (Phi) is 7.51. The van der Waals surface area contributed by atoms with Gasteiger partial charge in [-0.3, -0.25) is 0 Å². The van der Waals surface area contributed by atoms with Crippen LogP contribution in [0, 0.1) is 0 Å². The number of quaternary nitrogens is 1. The molecular formula is C24H33BrNO+. The Morgan fingerprint density at radius 3 is 2.33 bits per heavy atom. The van der Waals surface area contributed by atoms with Gasteiger partial charge in [0.1, 0.15) is 19.2 Å². The van der Waals surface area contributed by atoms with Gasteiger partial charge >= 0.3 is 0 Å². The fourth-order valence-electron chi connectivity index (χ4n) is 4.53. The molecule has 1 atom stereocenters. The van der Waals surface area contributed by atoms with Crippen LogP contribution in [0.2, 0.25) is 0 Å². The number of nitrogens with zero attached hydrogens (tertiary/aromatic N) is 1. The summed E-state index contributed by atoms with van der Waals surface area (Å²) in [6.45, 7) is 6.41. The molecule has 2 aromatic carbocycles. The Hall–Kier alpha value is -1.16. The number of piperidine rings is 1. The molecule has 0 aromatic heterocycles. The van der Waals surface area contributed by atoms with Gasteiger partial charge in [0.05, 0.1) is 13.1 Å². The van der Waals surface area contributed by atoms with Gasteiger partial charge in [0.15, 0.2) is 0 Å². The maximum Gasteiger partial charge on any atom is 0.105 e. The quantitative estimate of drug-likeness (QED) is 0.517. The van der Waals surface area contributed by atoms with E-state index in [4.69, 9.17) is 0 Å². The topological polar surface area (TPSA) is 20.2 Å². The van der Waals surface area contributed by atoms with Crippen molar-refractivity contribution in [1.82, 2.24) is 0 Å². The minimum atomic E-state index is -0.186. The highest BCUT2D eigenvalue weighted by Crippen LogP contribution is 2.33. The lowest BCUT2D eigenvalue weighted by Crippen LogP contribution is -2.55. The maximum atomic E-state index is 10.7. The summed E-state index contributed by atoms with van der Waals surface area (Å²) in [5.74, 6) is 0.662. The molecule has 0 amide bonds. The number of aliphatic hydroxyl groups excluding tert-OH is 1. The van der Waals surface area contributed by atoms with Crippen LogP contribution < -0.4 is 0 Å². The number of rotatable bonds is 8. The molecule has 27 heavy (non-hydrogen) atoms. The number of hydrogen-bond acceptors (Lipinski definition) is 1. The van der Waals surface area contributed by atoms with E-state index in [2.05, 4.69) is 77.5 Å². The summed E-state index contributed by atoms with van der Waals surface area (Å²) < 4.78 is 2.15. The predicted molar refractivity (Wildman–Crippen MR) is 117 cm³/mol. The highest BCUT2D eigenvalue weighted by atomic mass is 79.9. The van der Waals surface area contributed by atoms with E-state index in [9.17, 15) is 5.11 Å². The molecule has 2 aromatic rings. The lowest BCUT2D eigenvalue weighted by atomic mass is 9.87. The number of halogens is 1. The van der Waals surface area contributed by atoms with Crippen LogP contribution in [0.3, 0.4) is 0 Å². The zero-order valence-electron chi connectivity index (χ0n) is 16.5. The second-order valence-corrected chi connectivity index (χ2v) is 9.15. The molecule has 1 heterocycles. The smallest absolute Gasteiger partial charge is 0.105 e. The average molecular weight is 431 g/mol. The number of aliphatic hydroxyl groups is 1. The third kappa shape index (κ3) is 5.91. The average Bonchev–Trinajstić information content (AvgIpc) is 2.69. The minimum absolute atomic E-state index is 0.186. The molecule has 0 radical (unpaired) electrons. The molecule has 0 bridgehead atoms. The Bertz CT molecular complexity index is 677. The molecule has 0 aliphatic carbocycles. The van der Waals surface area contributed by atoms with Crippen molar-refractivity contribution in [3.63, 3.8) is 0 Å². The third-order valence-electron chi connectivity index (χ3n) is 6.09. The molecule has 0 unspecified atom stereocenters.